The molecule has 0 saturated heterocycles. The summed E-state index contributed by atoms with van der Waals surface area (Å²) < 4.78 is 25.4. The van der Waals surface area contributed by atoms with E-state index in [4.69, 9.17) is 0 Å². The molecular weight excluding hydrogens is 286 g/mol. The van der Waals surface area contributed by atoms with Crippen molar-refractivity contribution in [3.05, 3.63) is 65.2 Å². The van der Waals surface area contributed by atoms with Gasteiger partial charge in [-0.05, 0) is 31.5 Å². The van der Waals surface area contributed by atoms with Crippen molar-refractivity contribution in [1.82, 2.24) is 5.32 Å². The van der Waals surface area contributed by atoms with Gasteiger partial charge in [0, 0.05) is 0 Å². The Morgan fingerprint density at radius 2 is 1.38 bits per heavy atom. The number of hydrogen-bond acceptors (Lipinski definition) is 3. The van der Waals surface area contributed by atoms with E-state index >= 15 is 0 Å². The Labute approximate surface area is 124 Å². The van der Waals surface area contributed by atoms with Crippen LogP contribution in [0.15, 0.2) is 53.4 Å². The van der Waals surface area contributed by atoms with Crippen LogP contribution in [0.1, 0.15) is 22.1 Å². The van der Waals surface area contributed by atoms with Crippen LogP contribution < -0.4 is 5.32 Å². The first-order chi connectivity index (χ1) is 9.95. The Morgan fingerprint density at radius 1 is 0.905 bits per heavy atom. The Balaban J connectivity index is 2.47. The molecule has 1 atom stereocenters. The SMILES string of the molecule is Cc1ccc(C(NC=O)S(=O)(=O)c2ccc(C)cc2)cc1. The number of benzene rings is 2. The molecule has 4 nitrogen and oxygen atoms in total. The van der Waals surface area contributed by atoms with E-state index in [0.29, 0.717) is 12.0 Å². The summed E-state index contributed by atoms with van der Waals surface area (Å²) in [5.74, 6) is 0. The molecule has 0 aliphatic heterocycles. The Bertz CT molecular complexity index is 719. The van der Waals surface area contributed by atoms with E-state index in [-0.39, 0.29) is 4.90 Å². The molecule has 0 aromatic heterocycles. The Hall–Kier alpha value is -2.14. The second-order valence-electron chi connectivity index (χ2n) is 4.93. The summed E-state index contributed by atoms with van der Waals surface area (Å²) in [6.45, 7) is 3.80. The van der Waals surface area contributed by atoms with Gasteiger partial charge in [0.1, 0.15) is 0 Å². The molecule has 0 bridgehead atoms. The van der Waals surface area contributed by atoms with Crippen molar-refractivity contribution in [2.24, 2.45) is 0 Å². The normalized spacial score (nSPS) is 12.7. The number of nitrogens with one attached hydrogen (secondary N) is 1. The van der Waals surface area contributed by atoms with Gasteiger partial charge in [-0.3, -0.25) is 4.79 Å². The highest BCUT2D eigenvalue weighted by Crippen LogP contribution is 2.26. The minimum Gasteiger partial charge on any atom is -0.338 e. The highest BCUT2D eigenvalue weighted by molar-refractivity contribution is 7.91. The zero-order chi connectivity index (χ0) is 15.5. The van der Waals surface area contributed by atoms with Crippen molar-refractivity contribution in [3.63, 3.8) is 0 Å². The minimum absolute atomic E-state index is 0.188. The van der Waals surface area contributed by atoms with Crippen LogP contribution in [-0.4, -0.2) is 14.8 Å². The highest BCUT2D eigenvalue weighted by Gasteiger charge is 2.28. The lowest BCUT2D eigenvalue weighted by molar-refractivity contribution is -0.109. The lowest BCUT2D eigenvalue weighted by atomic mass is 10.1. The van der Waals surface area contributed by atoms with Gasteiger partial charge in [-0.1, -0.05) is 47.5 Å². The first kappa shape index (κ1) is 15.3. The summed E-state index contributed by atoms with van der Waals surface area (Å²) in [5.41, 5.74) is 2.54. The molecule has 0 aliphatic rings. The third-order valence-corrected chi connectivity index (χ3v) is 5.22. The molecule has 21 heavy (non-hydrogen) atoms. The van der Waals surface area contributed by atoms with Gasteiger partial charge < -0.3 is 5.32 Å². The summed E-state index contributed by atoms with van der Waals surface area (Å²) in [5, 5.41) is 1.32. The second kappa shape index (κ2) is 6.10. The highest BCUT2D eigenvalue weighted by atomic mass is 32.2. The standard InChI is InChI=1S/C16H17NO3S/c1-12-3-7-14(8-4-12)16(17-11-18)21(19,20)15-9-5-13(2)6-10-15/h3-11,16H,1-2H3,(H,17,18). The van der Waals surface area contributed by atoms with Crippen LogP contribution in [-0.2, 0) is 14.6 Å². The van der Waals surface area contributed by atoms with Crippen LogP contribution in [0, 0.1) is 13.8 Å². The number of rotatable bonds is 5. The molecule has 0 fully saturated rings. The molecule has 0 spiro atoms. The van der Waals surface area contributed by atoms with E-state index in [1.165, 1.54) is 0 Å². The van der Waals surface area contributed by atoms with Crippen molar-refractivity contribution < 1.29 is 13.2 Å². The van der Waals surface area contributed by atoms with Crippen molar-refractivity contribution >= 4 is 16.2 Å². The molecule has 110 valence electrons. The van der Waals surface area contributed by atoms with E-state index in [2.05, 4.69) is 5.32 Å². The van der Waals surface area contributed by atoms with Crippen molar-refractivity contribution in [1.29, 1.82) is 0 Å². The van der Waals surface area contributed by atoms with Crippen molar-refractivity contribution in [2.45, 2.75) is 24.1 Å². The molecule has 0 radical (unpaired) electrons. The number of hydrogen-bond donors (Lipinski definition) is 1. The molecule has 2 aromatic rings. The van der Waals surface area contributed by atoms with Crippen LogP contribution in [0.2, 0.25) is 0 Å². The Kier molecular flexibility index (Phi) is 4.43. The zero-order valence-corrected chi connectivity index (χ0v) is 12.7. The number of sulfone groups is 1. The molecule has 1 N–H and O–H groups in total. The summed E-state index contributed by atoms with van der Waals surface area (Å²) in [6.07, 6.45) is 0.413. The van der Waals surface area contributed by atoms with Crippen molar-refractivity contribution in [3.8, 4) is 0 Å². The maximum absolute atomic E-state index is 12.7. The third kappa shape index (κ3) is 3.31. The number of carbonyl (C=O) groups is 1. The van der Waals surface area contributed by atoms with Gasteiger partial charge in [0.05, 0.1) is 4.90 Å². The van der Waals surface area contributed by atoms with Crippen LogP contribution in [0.4, 0.5) is 0 Å². The molecule has 2 aromatic carbocycles. The molecular formula is C16H17NO3S. The lowest BCUT2D eigenvalue weighted by Crippen LogP contribution is -2.27. The third-order valence-electron chi connectivity index (χ3n) is 3.26. The largest absolute Gasteiger partial charge is 0.338 e. The van der Waals surface area contributed by atoms with E-state index in [1.807, 2.05) is 26.0 Å². The van der Waals surface area contributed by atoms with E-state index in [1.54, 1.807) is 36.4 Å². The topological polar surface area (TPSA) is 63.2 Å². The molecule has 1 amide bonds. The first-order valence-electron chi connectivity index (χ1n) is 6.52. The van der Waals surface area contributed by atoms with Crippen LogP contribution in [0.5, 0.6) is 0 Å². The predicted molar refractivity (Wildman–Crippen MR) is 81.5 cm³/mol. The molecule has 2 rings (SSSR count). The summed E-state index contributed by atoms with van der Waals surface area (Å²) in [7, 11) is -3.69. The maximum Gasteiger partial charge on any atom is 0.208 e. The lowest BCUT2D eigenvalue weighted by Gasteiger charge is -2.17. The smallest absolute Gasteiger partial charge is 0.208 e. The fourth-order valence-corrected chi connectivity index (χ4v) is 3.57. The minimum atomic E-state index is -3.69. The molecule has 1 unspecified atom stereocenters. The fraction of sp³-hybridized carbons (Fsp3) is 0.188. The van der Waals surface area contributed by atoms with Crippen molar-refractivity contribution in [2.75, 3.05) is 0 Å². The van der Waals surface area contributed by atoms with Crippen LogP contribution in [0.25, 0.3) is 0 Å². The quantitative estimate of drug-likeness (QED) is 0.863. The molecule has 0 saturated carbocycles. The van der Waals surface area contributed by atoms with E-state index < -0.39 is 15.2 Å². The zero-order valence-electron chi connectivity index (χ0n) is 11.9. The summed E-state index contributed by atoms with van der Waals surface area (Å²) in [4.78, 5) is 11.0. The average molecular weight is 303 g/mol. The van der Waals surface area contributed by atoms with Gasteiger partial charge in [0.2, 0.25) is 16.2 Å². The second-order valence-corrected chi connectivity index (χ2v) is 6.97. The van der Waals surface area contributed by atoms with E-state index in [0.717, 1.165) is 11.1 Å². The van der Waals surface area contributed by atoms with Crippen LogP contribution >= 0.6 is 0 Å². The van der Waals surface area contributed by atoms with Gasteiger partial charge in [0.15, 0.2) is 5.37 Å². The van der Waals surface area contributed by atoms with Gasteiger partial charge >= 0.3 is 0 Å². The monoisotopic (exact) mass is 303 g/mol. The first-order valence-corrected chi connectivity index (χ1v) is 8.06. The molecule has 0 aliphatic carbocycles. The summed E-state index contributed by atoms with van der Waals surface area (Å²) in [6, 6.07) is 13.6. The van der Waals surface area contributed by atoms with Crippen LogP contribution in [0.3, 0.4) is 0 Å². The average Bonchev–Trinajstić information content (AvgIpc) is 2.46. The molecule has 0 heterocycles. The number of carbonyl (C=O) groups excluding carboxylic acids is 1. The number of amides is 1. The fourth-order valence-electron chi connectivity index (χ4n) is 2.03. The Morgan fingerprint density at radius 3 is 1.86 bits per heavy atom. The molecule has 5 heteroatoms. The van der Waals surface area contributed by atoms with Gasteiger partial charge in [-0.2, -0.15) is 0 Å². The van der Waals surface area contributed by atoms with Gasteiger partial charge in [0.25, 0.3) is 0 Å². The maximum atomic E-state index is 12.7. The predicted octanol–water partition coefficient (Wildman–Crippen LogP) is 2.52. The summed E-state index contributed by atoms with van der Waals surface area (Å²) >= 11 is 0. The van der Waals surface area contributed by atoms with Gasteiger partial charge in [-0.25, -0.2) is 8.42 Å². The van der Waals surface area contributed by atoms with Gasteiger partial charge in [-0.15, -0.1) is 0 Å². The number of aryl methyl sites for hydroxylation is 2. The van der Waals surface area contributed by atoms with E-state index in [9.17, 15) is 13.2 Å².